The lowest BCUT2D eigenvalue weighted by atomic mass is 9.32. The first kappa shape index (κ1) is 26.3. The second kappa shape index (κ2) is 13.4. The Kier molecular flexibility index (Phi) is 9.28. The maximum atomic E-state index is 4.46. The molecular formula is C34H34BBrN2. The lowest BCUT2D eigenvalue weighted by molar-refractivity contribution is 0.499. The molecule has 0 atom stereocenters. The van der Waals surface area contributed by atoms with Gasteiger partial charge in [-0.1, -0.05) is 156 Å². The summed E-state index contributed by atoms with van der Waals surface area (Å²) in [4.78, 5) is 4.46. The summed E-state index contributed by atoms with van der Waals surface area (Å²) in [5.41, 5.74) is 5.37. The molecule has 1 aliphatic rings. The predicted octanol–water partition coefficient (Wildman–Crippen LogP) is 7.86. The van der Waals surface area contributed by atoms with Crippen molar-refractivity contribution in [2.45, 2.75) is 44.3 Å². The van der Waals surface area contributed by atoms with Gasteiger partial charge >= 0.3 is 0 Å². The molecule has 4 heteroatoms. The average Bonchev–Trinajstić information content (AvgIpc) is 3.45. The molecule has 1 fully saturated rings. The van der Waals surface area contributed by atoms with Crippen molar-refractivity contribution in [1.29, 1.82) is 0 Å². The number of rotatable bonds is 6. The monoisotopic (exact) mass is 560 g/mol. The molecule has 1 saturated carbocycles. The second-order valence-electron chi connectivity index (χ2n) is 10.0. The highest BCUT2D eigenvalue weighted by molar-refractivity contribution is 9.10. The number of para-hydroxylation sites is 1. The van der Waals surface area contributed by atoms with Gasteiger partial charge in [-0.2, -0.15) is 0 Å². The Hall–Kier alpha value is -3.37. The Morgan fingerprint density at radius 3 is 1.82 bits per heavy atom. The third kappa shape index (κ3) is 6.93. The van der Waals surface area contributed by atoms with Gasteiger partial charge in [0.25, 0.3) is 0 Å². The number of halogens is 1. The molecule has 0 bridgehead atoms. The maximum absolute atomic E-state index is 4.46. The largest absolute Gasteiger partial charge is 0.303 e. The van der Waals surface area contributed by atoms with Crippen molar-refractivity contribution >= 4 is 33.6 Å². The summed E-state index contributed by atoms with van der Waals surface area (Å²) < 4.78 is 3.23. The Morgan fingerprint density at radius 2 is 1.24 bits per heavy atom. The summed E-state index contributed by atoms with van der Waals surface area (Å²) >= 11 is 3.45. The Labute approximate surface area is 236 Å². The fourth-order valence-corrected chi connectivity index (χ4v) is 5.86. The van der Waals surface area contributed by atoms with Crippen LogP contribution in [0.15, 0.2) is 132 Å². The van der Waals surface area contributed by atoms with E-state index >= 15 is 0 Å². The van der Waals surface area contributed by atoms with Gasteiger partial charge in [-0.3, -0.25) is 0 Å². The zero-order valence-electron chi connectivity index (χ0n) is 21.8. The molecule has 1 heterocycles. The van der Waals surface area contributed by atoms with E-state index < -0.39 is 0 Å². The molecule has 0 aliphatic heterocycles. The number of aromatic nitrogens is 2. The molecule has 1 aliphatic carbocycles. The van der Waals surface area contributed by atoms with Gasteiger partial charge in [-0.05, 0) is 29.8 Å². The first-order chi connectivity index (χ1) is 18.8. The number of hydrogen-bond donors (Lipinski definition) is 0. The van der Waals surface area contributed by atoms with Crippen molar-refractivity contribution in [2.24, 2.45) is 0 Å². The normalized spacial score (nSPS) is 13.4. The van der Waals surface area contributed by atoms with Crippen LogP contribution in [0, 0.1) is 0 Å². The van der Waals surface area contributed by atoms with Crippen LogP contribution in [-0.4, -0.2) is 16.3 Å². The minimum absolute atomic E-state index is 0.586. The third-order valence-electron chi connectivity index (χ3n) is 7.47. The number of hydrogen-bond acceptors (Lipinski definition) is 1. The van der Waals surface area contributed by atoms with Gasteiger partial charge in [-0.25, -0.2) is 4.98 Å². The highest BCUT2D eigenvalue weighted by Gasteiger charge is 2.29. The van der Waals surface area contributed by atoms with Crippen molar-refractivity contribution in [3.05, 3.63) is 144 Å². The molecule has 4 aromatic carbocycles. The summed E-state index contributed by atoms with van der Waals surface area (Å²) in [6.45, 7) is 0.586. The van der Waals surface area contributed by atoms with E-state index in [1.54, 1.807) is 0 Å². The summed E-state index contributed by atoms with van der Waals surface area (Å²) in [6, 6.07) is 40.8. The molecule has 5 aromatic rings. The molecule has 1 aromatic heterocycles. The molecule has 38 heavy (non-hydrogen) atoms. The Morgan fingerprint density at radius 1 is 0.684 bits per heavy atom. The SMILES string of the molecule is Brc1ccc(Cc2nccn2-c2ccccc2)cc1.c1ccc(B(c2ccccc2)C2CCCCC2)cc1. The van der Waals surface area contributed by atoms with Crippen LogP contribution in [0.2, 0.25) is 5.82 Å². The molecule has 0 N–H and O–H groups in total. The van der Waals surface area contributed by atoms with Gasteiger partial charge in [0.2, 0.25) is 6.71 Å². The first-order valence-electron chi connectivity index (χ1n) is 13.7. The lowest BCUT2D eigenvalue weighted by Gasteiger charge is -2.28. The van der Waals surface area contributed by atoms with E-state index in [9.17, 15) is 0 Å². The predicted molar refractivity (Wildman–Crippen MR) is 165 cm³/mol. The van der Waals surface area contributed by atoms with Gasteiger partial charge in [-0.15, -0.1) is 0 Å². The second-order valence-corrected chi connectivity index (χ2v) is 11.0. The number of imidazole rings is 1. The quantitative estimate of drug-likeness (QED) is 0.193. The van der Waals surface area contributed by atoms with E-state index in [-0.39, 0.29) is 0 Å². The average molecular weight is 561 g/mol. The first-order valence-corrected chi connectivity index (χ1v) is 14.5. The van der Waals surface area contributed by atoms with Gasteiger partial charge in [0.15, 0.2) is 0 Å². The summed E-state index contributed by atoms with van der Waals surface area (Å²) in [7, 11) is 0. The number of benzene rings is 4. The molecular weight excluding hydrogens is 527 g/mol. The Balaban J connectivity index is 0.000000155. The van der Waals surface area contributed by atoms with Crippen molar-refractivity contribution in [2.75, 3.05) is 0 Å². The van der Waals surface area contributed by atoms with Crippen molar-refractivity contribution in [1.82, 2.24) is 9.55 Å². The maximum Gasteiger partial charge on any atom is 0.212 e. The van der Waals surface area contributed by atoms with Gasteiger partial charge in [0.05, 0.1) is 0 Å². The smallest absolute Gasteiger partial charge is 0.212 e. The molecule has 6 rings (SSSR count). The van der Waals surface area contributed by atoms with E-state index in [2.05, 4.69) is 123 Å². The van der Waals surface area contributed by atoms with Gasteiger partial charge < -0.3 is 4.57 Å². The molecule has 0 amide bonds. The third-order valence-corrected chi connectivity index (χ3v) is 7.99. The molecule has 0 unspecified atom stereocenters. The molecule has 2 nitrogen and oxygen atoms in total. The molecule has 0 radical (unpaired) electrons. The fraction of sp³-hybridized carbons (Fsp3) is 0.206. The Bertz CT molecular complexity index is 1320. The van der Waals surface area contributed by atoms with Crippen molar-refractivity contribution in [3.8, 4) is 5.69 Å². The zero-order chi connectivity index (χ0) is 26.0. The summed E-state index contributed by atoms with van der Waals surface area (Å²) in [5, 5.41) is 0. The van der Waals surface area contributed by atoms with Crippen LogP contribution >= 0.6 is 15.9 Å². The fourth-order valence-electron chi connectivity index (χ4n) is 5.60. The standard InChI is InChI=1S/C18H21B.C16H13BrN2/c1-4-10-16(11-5-1)19(17-12-6-2-7-13-17)18-14-8-3-9-15-18;17-14-8-6-13(7-9-14)12-16-18-10-11-19(16)15-4-2-1-3-5-15/h1-2,4-7,10-13,18H,3,8-9,14-15H2;1-11H,12H2. The molecule has 190 valence electrons. The van der Waals surface area contributed by atoms with E-state index in [0.29, 0.717) is 6.71 Å². The van der Waals surface area contributed by atoms with E-state index in [0.717, 1.165) is 28.2 Å². The van der Waals surface area contributed by atoms with Crippen molar-refractivity contribution < 1.29 is 0 Å². The van der Waals surface area contributed by atoms with Crippen molar-refractivity contribution in [3.63, 3.8) is 0 Å². The van der Waals surface area contributed by atoms with Gasteiger partial charge in [0.1, 0.15) is 5.82 Å². The van der Waals surface area contributed by atoms with Crippen LogP contribution in [0.3, 0.4) is 0 Å². The van der Waals surface area contributed by atoms with Crippen LogP contribution in [0.4, 0.5) is 0 Å². The number of nitrogens with zero attached hydrogens (tertiary/aromatic N) is 2. The highest BCUT2D eigenvalue weighted by atomic mass is 79.9. The minimum atomic E-state index is 0.586. The van der Waals surface area contributed by atoms with Crippen LogP contribution in [0.25, 0.3) is 5.69 Å². The molecule has 0 spiro atoms. The van der Waals surface area contributed by atoms with Crippen LogP contribution in [-0.2, 0) is 6.42 Å². The van der Waals surface area contributed by atoms with Crippen LogP contribution in [0.1, 0.15) is 43.5 Å². The van der Waals surface area contributed by atoms with E-state index in [4.69, 9.17) is 0 Å². The van der Waals surface area contributed by atoms with Crippen LogP contribution in [0.5, 0.6) is 0 Å². The lowest BCUT2D eigenvalue weighted by Crippen LogP contribution is -2.46. The van der Waals surface area contributed by atoms with E-state index in [1.807, 2.05) is 30.6 Å². The zero-order valence-corrected chi connectivity index (χ0v) is 23.4. The van der Waals surface area contributed by atoms with Crippen LogP contribution < -0.4 is 10.9 Å². The summed E-state index contributed by atoms with van der Waals surface area (Å²) in [5.74, 6) is 1.87. The van der Waals surface area contributed by atoms with Gasteiger partial charge in [0, 0.05) is 29.0 Å². The van der Waals surface area contributed by atoms with E-state index in [1.165, 1.54) is 48.6 Å². The topological polar surface area (TPSA) is 17.8 Å². The summed E-state index contributed by atoms with van der Waals surface area (Å²) in [6.07, 6.45) is 11.7. The highest BCUT2D eigenvalue weighted by Crippen LogP contribution is 2.31. The molecule has 0 saturated heterocycles. The minimum Gasteiger partial charge on any atom is -0.303 e.